The minimum Gasteiger partial charge on any atom is -0.320 e. The molecule has 102 valence electrons. The number of aromatic amines is 1. The minimum atomic E-state index is -0.552. The van der Waals surface area contributed by atoms with Crippen LogP contribution in [0.25, 0.3) is 0 Å². The van der Waals surface area contributed by atoms with E-state index in [4.69, 9.17) is 5.73 Å². The van der Waals surface area contributed by atoms with E-state index >= 15 is 0 Å². The average molecular weight is 272 g/mol. The molecule has 0 aliphatic heterocycles. The molecule has 1 heterocycles. The number of carbonyl (C=O) groups excluding carboxylic acids is 1. The lowest BCUT2D eigenvalue weighted by atomic mass is 10.2. The molecule has 0 aliphatic carbocycles. The SMILES string of the molecule is Cc1[nH]ncc1C(=O)Nc1ccc(C#CCN)cc1F. The Morgan fingerprint density at radius 2 is 2.35 bits per heavy atom. The van der Waals surface area contributed by atoms with Crippen LogP contribution in [0, 0.1) is 24.6 Å². The summed E-state index contributed by atoms with van der Waals surface area (Å²) < 4.78 is 13.8. The van der Waals surface area contributed by atoms with Gasteiger partial charge in [-0.15, -0.1) is 0 Å². The summed E-state index contributed by atoms with van der Waals surface area (Å²) in [7, 11) is 0. The van der Waals surface area contributed by atoms with E-state index in [2.05, 4.69) is 27.4 Å². The Balaban J connectivity index is 2.18. The molecule has 20 heavy (non-hydrogen) atoms. The zero-order valence-corrected chi connectivity index (χ0v) is 10.8. The van der Waals surface area contributed by atoms with Crippen molar-refractivity contribution in [2.45, 2.75) is 6.92 Å². The van der Waals surface area contributed by atoms with E-state index in [1.807, 2.05) is 0 Å². The van der Waals surface area contributed by atoms with Crippen LogP contribution in [0.3, 0.4) is 0 Å². The molecule has 0 fully saturated rings. The maximum Gasteiger partial charge on any atom is 0.259 e. The normalized spacial score (nSPS) is 9.75. The summed E-state index contributed by atoms with van der Waals surface area (Å²) in [6.07, 6.45) is 1.39. The molecule has 0 saturated carbocycles. The van der Waals surface area contributed by atoms with Gasteiger partial charge in [0, 0.05) is 11.3 Å². The van der Waals surface area contributed by atoms with Gasteiger partial charge in [-0.1, -0.05) is 11.8 Å². The van der Waals surface area contributed by atoms with Crippen LogP contribution < -0.4 is 11.1 Å². The number of amides is 1. The number of benzene rings is 1. The first kappa shape index (κ1) is 13.8. The maximum absolute atomic E-state index is 13.8. The highest BCUT2D eigenvalue weighted by molar-refractivity contribution is 6.04. The van der Waals surface area contributed by atoms with E-state index in [1.54, 1.807) is 13.0 Å². The summed E-state index contributed by atoms with van der Waals surface area (Å²) in [6, 6.07) is 4.33. The summed E-state index contributed by atoms with van der Waals surface area (Å²) >= 11 is 0. The number of nitrogens with zero attached hydrogens (tertiary/aromatic N) is 1. The lowest BCUT2D eigenvalue weighted by molar-refractivity contribution is 0.102. The number of halogens is 1. The number of carbonyl (C=O) groups is 1. The van der Waals surface area contributed by atoms with Crippen molar-refractivity contribution in [3.05, 3.63) is 47.0 Å². The number of aromatic nitrogens is 2. The third kappa shape index (κ3) is 3.02. The van der Waals surface area contributed by atoms with Gasteiger partial charge in [-0.25, -0.2) is 4.39 Å². The number of nitrogens with one attached hydrogen (secondary N) is 2. The minimum absolute atomic E-state index is 0.0916. The zero-order valence-electron chi connectivity index (χ0n) is 10.8. The molecular formula is C14H13FN4O. The van der Waals surface area contributed by atoms with Crippen LogP contribution in [0.5, 0.6) is 0 Å². The molecule has 1 amide bonds. The van der Waals surface area contributed by atoms with E-state index < -0.39 is 11.7 Å². The Kier molecular flexibility index (Phi) is 4.13. The van der Waals surface area contributed by atoms with Gasteiger partial charge < -0.3 is 11.1 Å². The quantitative estimate of drug-likeness (QED) is 0.723. The highest BCUT2D eigenvalue weighted by Crippen LogP contribution is 2.17. The van der Waals surface area contributed by atoms with Gasteiger partial charge in [0.05, 0.1) is 24.0 Å². The van der Waals surface area contributed by atoms with Crippen molar-refractivity contribution in [1.29, 1.82) is 0 Å². The highest BCUT2D eigenvalue weighted by Gasteiger charge is 2.13. The highest BCUT2D eigenvalue weighted by atomic mass is 19.1. The van der Waals surface area contributed by atoms with Gasteiger partial charge in [0.25, 0.3) is 5.91 Å². The standard InChI is InChI=1S/C14H13FN4O/c1-9-11(8-17-19-9)14(20)18-13-5-4-10(3-2-6-16)7-12(13)15/h4-5,7-8H,6,16H2,1H3,(H,17,19)(H,18,20). The van der Waals surface area contributed by atoms with Crippen LogP contribution in [-0.2, 0) is 0 Å². The molecular weight excluding hydrogens is 259 g/mol. The number of H-pyrrole nitrogens is 1. The molecule has 1 aromatic carbocycles. The van der Waals surface area contributed by atoms with Gasteiger partial charge in [-0.3, -0.25) is 9.89 Å². The molecule has 5 nitrogen and oxygen atoms in total. The molecule has 0 unspecified atom stereocenters. The second kappa shape index (κ2) is 5.99. The fourth-order valence-electron chi connectivity index (χ4n) is 1.62. The van der Waals surface area contributed by atoms with Gasteiger partial charge in [0.1, 0.15) is 5.82 Å². The Hall–Kier alpha value is -2.65. The molecule has 2 rings (SSSR count). The van der Waals surface area contributed by atoms with Crippen molar-refractivity contribution in [3.8, 4) is 11.8 Å². The predicted molar refractivity (Wildman–Crippen MR) is 73.6 cm³/mol. The van der Waals surface area contributed by atoms with Crippen LogP contribution in [0.2, 0.25) is 0 Å². The van der Waals surface area contributed by atoms with Crippen molar-refractivity contribution in [3.63, 3.8) is 0 Å². The monoisotopic (exact) mass is 272 g/mol. The smallest absolute Gasteiger partial charge is 0.259 e. The third-order valence-electron chi connectivity index (χ3n) is 2.63. The van der Waals surface area contributed by atoms with Crippen LogP contribution in [0.1, 0.15) is 21.6 Å². The summed E-state index contributed by atoms with van der Waals surface area (Å²) in [5, 5.41) is 8.88. The number of nitrogens with two attached hydrogens (primary N) is 1. The van der Waals surface area contributed by atoms with Crippen LogP contribution in [0.4, 0.5) is 10.1 Å². The molecule has 2 aromatic rings. The number of hydrogen-bond donors (Lipinski definition) is 3. The Labute approximate surface area is 115 Å². The summed E-state index contributed by atoms with van der Waals surface area (Å²) in [5.74, 6) is 4.38. The molecule has 4 N–H and O–H groups in total. The molecule has 6 heteroatoms. The number of anilines is 1. The predicted octanol–water partition coefficient (Wildman–Crippen LogP) is 1.42. The van der Waals surface area contributed by atoms with E-state index in [1.165, 1.54) is 18.3 Å². The van der Waals surface area contributed by atoms with Crippen LogP contribution >= 0.6 is 0 Å². The third-order valence-corrected chi connectivity index (χ3v) is 2.63. The summed E-state index contributed by atoms with van der Waals surface area (Å²) in [5.41, 5.74) is 6.83. The van der Waals surface area contributed by atoms with E-state index in [9.17, 15) is 9.18 Å². The average Bonchev–Trinajstić information content (AvgIpc) is 2.85. The maximum atomic E-state index is 13.8. The van der Waals surface area contributed by atoms with Crippen LogP contribution in [-0.4, -0.2) is 22.6 Å². The van der Waals surface area contributed by atoms with Gasteiger partial charge in [-0.05, 0) is 25.1 Å². The van der Waals surface area contributed by atoms with Gasteiger partial charge in [-0.2, -0.15) is 5.10 Å². The van der Waals surface area contributed by atoms with Gasteiger partial charge in [0.15, 0.2) is 0 Å². The lowest BCUT2D eigenvalue weighted by Gasteiger charge is -2.06. The van der Waals surface area contributed by atoms with Crippen molar-refractivity contribution < 1.29 is 9.18 Å². The Morgan fingerprint density at radius 3 is 2.95 bits per heavy atom. The fourth-order valence-corrected chi connectivity index (χ4v) is 1.62. The van der Waals surface area contributed by atoms with Crippen molar-refractivity contribution in [2.24, 2.45) is 5.73 Å². The molecule has 0 saturated heterocycles. The fraction of sp³-hybridized carbons (Fsp3) is 0.143. The van der Waals surface area contributed by atoms with Crippen molar-refractivity contribution >= 4 is 11.6 Å². The van der Waals surface area contributed by atoms with Crippen molar-refractivity contribution in [1.82, 2.24) is 10.2 Å². The molecule has 0 spiro atoms. The molecule has 0 atom stereocenters. The number of aryl methyl sites for hydroxylation is 1. The number of rotatable bonds is 2. The number of hydrogen-bond acceptors (Lipinski definition) is 3. The molecule has 0 bridgehead atoms. The first-order valence-electron chi connectivity index (χ1n) is 5.91. The Morgan fingerprint density at radius 1 is 1.55 bits per heavy atom. The topological polar surface area (TPSA) is 83.8 Å². The van der Waals surface area contributed by atoms with Gasteiger partial charge >= 0.3 is 0 Å². The Bertz CT molecular complexity index is 697. The summed E-state index contributed by atoms with van der Waals surface area (Å²) in [6.45, 7) is 1.92. The largest absolute Gasteiger partial charge is 0.320 e. The zero-order chi connectivity index (χ0) is 14.5. The molecule has 0 radical (unpaired) electrons. The second-order valence-corrected chi connectivity index (χ2v) is 4.06. The first-order valence-corrected chi connectivity index (χ1v) is 5.91. The lowest BCUT2D eigenvalue weighted by Crippen LogP contribution is -2.13. The molecule has 1 aromatic heterocycles. The molecule has 0 aliphatic rings. The van der Waals surface area contributed by atoms with E-state index in [-0.39, 0.29) is 12.2 Å². The second-order valence-electron chi connectivity index (χ2n) is 4.06. The van der Waals surface area contributed by atoms with E-state index in [0.29, 0.717) is 16.8 Å². The van der Waals surface area contributed by atoms with Crippen molar-refractivity contribution in [2.75, 3.05) is 11.9 Å². The van der Waals surface area contributed by atoms with E-state index in [0.717, 1.165) is 0 Å². The first-order chi connectivity index (χ1) is 9.61. The van der Waals surface area contributed by atoms with Gasteiger partial charge in [0.2, 0.25) is 0 Å². The van der Waals surface area contributed by atoms with Crippen LogP contribution in [0.15, 0.2) is 24.4 Å². The summed E-state index contributed by atoms with van der Waals surface area (Å²) in [4.78, 5) is 11.9.